The van der Waals surface area contributed by atoms with Crippen molar-refractivity contribution in [1.29, 1.82) is 0 Å². The number of halogens is 1. The maximum absolute atomic E-state index is 5.85. The average molecular weight is 298 g/mol. The van der Waals surface area contributed by atoms with Gasteiger partial charge in [-0.2, -0.15) is 0 Å². The lowest BCUT2D eigenvalue weighted by molar-refractivity contribution is 0.977. The summed E-state index contributed by atoms with van der Waals surface area (Å²) in [5.74, 6) is 0. The van der Waals surface area contributed by atoms with Gasteiger partial charge in [-0.05, 0) is 18.2 Å². The van der Waals surface area contributed by atoms with E-state index in [-0.39, 0.29) is 0 Å². The van der Waals surface area contributed by atoms with Gasteiger partial charge in [-0.3, -0.25) is 0 Å². The molecule has 0 amide bonds. The largest absolute Gasteiger partial charge is 0.397 e. The molecule has 0 spiro atoms. The Bertz CT molecular complexity index is 456. The quantitative estimate of drug-likeness (QED) is 0.853. The summed E-state index contributed by atoms with van der Waals surface area (Å²) in [5, 5.41) is 5.36. The number of rotatable bonds is 4. The molecule has 3 N–H and O–H groups in total. The lowest BCUT2D eigenvalue weighted by atomic mass is 10.2. The summed E-state index contributed by atoms with van der Waals surface area (Å²) < 4.78 is 1.03. The third kappa shape index (κ3) is 2.96. The Labute approximate surface area is 107 Å². The lowest BCUT2D eigenvalue weighted by Gasteiger charge is -2.08. The SMILES string of the molecule is Nc1ccc(Br)cc1NCCc1cscn1. The van der Waals surface area contributed by atoms with Crippen LogP contribution in [-0.2, 0) is 6.42 Å². The second-order valence-corrected chi connectivity index (χ2v) is 5.02. The highest BCUT2D eigenvalue weighted by Gasteiger charge is 2.00. The molecule has 0 atom stereocenters. The van der Waals surface area contributed by atoms with Crippen molar-refractivity contribution >= 4 is 38.6 Å². The van der Waals surface area contributed by atoms with Gasteiger partial charge in [-0.1, -0.05) is 15.9 Å². The van der Waals surface area contributed by atoms with E-state index in [9.17, 15) is 0 Å². The molecule has 0 unspecified atom stereocenters. The second-order valence-electron chi connectivity index (χ2n) is 3.39. The topological polar surface area (TPSA) is 50.9 Å². The molecule has 0 saturated heterocycles. The van der Waals surface area contributed by atoms with E-state index >= 15 is 0 Å². The van der Waals surface area contributed by atoms with E-state index in [0.717, 1.165) is 34.5 Å². The van der Waals surface area contributed by atoms with Gasteiger partial charge in [-0.25, -0.2) is 4.98 Å². The van der Waals surface area contributed by atoms with Crippen LogP contribution < -0.4 is 11.1 Å². The smallest absolute Gasteiger partial charge is 0.0794 e. The summed E-state index contributed by atoms with van der Waals surface area (Å²) in [6.45, 7) is 0.838. The second kappa shape index (κ2) is 5.32. The van der Waals surface area contributed by atoms with Crippen LogP contribution in [0.25, 0.3) is 0 Å². The lowest BCUT2D eigenvalue weighted by Crippen LogP contribution is -2.06. The molecule has 1 aromatic heterocycles. The van der Waals surface area contributed by atoms with Gasteiger partial charge >= 0.3 is 0 Å². The highest BCUT2D eigenvalue weighted by atomic mass is 79.9. The maximum Gasteiger partial charge on any atom is 0.0794 e. The fourth-order valence-corrected chi connectivity index (χ4v) is 2.32. The summed E-state index contributed by atoms with van der Waals surface area (Å²) in [6.07, 6.45) is 0.912. The third-order valence-corrected chi connectivity index (χ3v) is 3.32. The van der Waals surface area contributed by atoms with E-state index in [1.54, 1.807) is 11.3 Å². The van der Waals surface area contributed by atoms with Gasteiger partial charge in [0.25, 0.3) is 0 Å². The van der Waals surface area contributed by atoms with E-state index in [4.69, 9.17) is 5.73 Å². The molecule has 2 aromatic rings. The molecule has 1 aromatic carbocycles. The monoisotopic (exact) mass is 297 g/mol. The van der Waals surface area contributed by atoms with E-state index in [2.05, 4.69) is 31.6 Å². The molecule has 0 saturated carbocycles. The number of thiazole rings is 1. The first-order valence-electron chi connectivity index (χ1n) is 4.91. The summed E-state index contributed by atoms with van der Waals surface area (Å²) in [5.41, 5.74) is 10.5. The molecule has 0 aliphatic rings. The predicted molar refractivity (Wildman–Crippen MR) is 72.9 cm³/mol. The van der Waals surface area contributed by atoms with Crippen molar-refractivity contribution in [3.8, 4) is 0 Å². The highest BCUT2D eigenvalue weighted by molar-refractivity contribution is 9.10. The average Bonchev–Trinajstić information content (AvgIpc) is 2.76. The minimum atomic E-state index is 0.765. The zero-order valence-electron chi connectivity index (χ0n) is 8.61. The van der Waals surface area contributed by atoms with Gasteiger partial charge in [-0.15, -0.1) is 11.3 Å². The molecule has 16 heavy (non-hydrogen) atoms. The zero-order valence-corrected chi connectivity index (χ0v) is 11.0. The molecule has 84 valence electrons. The van der Waals surface area contributed by atoms with Crippen LogP contribution in [0.2, 0.25) is 0 Å². The van der Waals surface area contributed by atoms with Gasteiger partial charge in [0, 0.05) is 22.8 Å². The number of anilines is 2. The van der Waals surface area contributed by atoms with E-state index in [1.807, 2.05) is 23.7 Å². The first kappa shape index (κ1) is 11.4. The number of hydrogen-bond donors (Lipinski definition) is 2. The van der Waals surface area contributed by atoms with Crippen LogP contribution in [0.3, 0.4) is 0 Å². The highest BCUT2D eigenvalue weighted by Crippen LogP contribution is 2.23. The van der Waals surface area contributed by atoms with Gasteiger partial charge in [0.1, 0.15) is 0 Å². The third-order valence-electron chi connectivity index (χ3n) is 2.20. The van der Waals surface area contributed by atoms with Crippen LogP contribution in [0, 0.1) is 0 Å². The molecule has 0 radical (unpaired) electrons. The molecular formula is C11H12BrN3S. The normalized spacial score (nSPS) is 10.3. The summed E-state index contributed by atoms with van der Waals surface area (Å²) in [6, 6.07) is 5.80. The maximum atomic E-state index is 5.85. The van der Waals surface area contributed by atoms with Crippen LogP contribution in [0.5, 0.6) is 0 Å². The molecule has 0 aliphatic heterocycles. The summed E-state index contributed by atoms with van der Waals surface area (Å²) in [7, 11) is 0. The molecule has 0 aliphatic carbocycles. The number of nitrogens with two attached hydrogens (primary N) is 1. The Balaban J connectivity index is 1.92. The first-order valence-corrected chi connectivity index (χ1v) is 6.65. The van der Waals surface area contributed by atoms with Crippen molar-refractivity contribution in [1.82, 2.24) is 4.98 Å². The molecule has 1 heterocycles. The molecule has 5 heteroatoms. The fourth-order valence-electron chi connectivity index (χ4n) is 1.37. The minimum absolute atomic E-state index is 0.765. The fraction of sp³-hybridized carbons (Fsp3) is 0.182. The number of nitrogens with zero attached hydrogens (tertiary/aromatic N) is 1. The minimum Gasteiger partial charge on any atom is -0.397 e. The van der Waals surface area contributed by atoms with E-state index in [1.165, 1.54) is 0 Å². The standard InChI is InChI=1S/C11H12BrN3S/c12-8-1-2-10(13)11(5-8)14-4-3-9-6-16-7-15-9/h1-2,5-7,14H,3-4,13H2. The van der Waals surface area contributed by atoms with Crippen molar-refractivity contribution in [3.63, 3.8) is 0 Å². The zero-order chi connectivity index (χ0) is 11.4. The molecular weight excluding hydrogens is 286 g/mol. The van der Waals surface area contributed by atoms with Crippen molar-refractivity contribution in [3.05, 3.63) is 39.3 Å². The Morgan fingerprint density at radius 1 is 1.44 bits per heavy atom. The number of benzene rings is 1. The van der Waals surface area contributed by atoms with Crippen LogP contribution in [0.1, 0.15) is 5.69 Å². The molecule has 2 rings (SSSR count). The van der Waals surface area contributed by atoms with Crippen LogP contribution >= 0.6 is 27.3 Å². The number of aromatic nitrogens is 1. The van der Waals surface area contributed by atoms with Gasteiger partial charge in [0.05, 0.1) is 22.6 Å². The van der Waals surface area contributed by atoms with Gasteiger partial charge < -0.3 is 11.1 Å². The number of hydrogen-bond acceptors (Lipinski definition) is 4. The van der Waals surface area contributed by atoms with Crippen LogP contribution in [0.15, 0.2) is 33.6 Å². The summed E-state index contributed by atoms with van der Waals surface area (Å²) in [4.78, 5) is 4.23. The molecule has 0 fully saturated rings. The summed E-state index contributed by atoms with van der Waals surface area (Å²) >= 11 is 5.04. The number of nitrogens with one attached hydrogen (secondary N) is 1. The van der Waals surface area contributed by atoms with E-state index < -0.39 is 0 Å². The molecule has 0 bridgehead atoms. The van der Waals surface area contributed by atoms with Gasteiger partial charge in [0.15, 0.2) is 0 Å². The van der Waals surface area contributed by atoms with Gasteiger partial charge in [0.2, 0.25) is 0 Å². The van der Waals surface area contributed by atoms with Crippen LogP contribution in [-0.4, -0.2) is 11.5 Å². The van der Waals surface area contributed by atoms with Crippen molar-refractivity contribution in [2.45, 2.75) is 6.42 Å². The van der Waals surface area contributed by atoms with Crippen molar-refractivity contribution in [2.75, 3.05) is 17.6 Å². The Morgan fingerprint density at radius 2 is 2.31 bits per heavy atom. The van der Waals surface area contributed by atoms with Crippen LogP contribution in [0.4, 0.5) is 11.4 Å². The Morgan fingerprint density at radius 3 is 3.06 bits per heavy atom. The van der Waals surface area contributed by atoms with Crippen molar-refractivity contribution < 1.29 is 0 Å². The van der Waals surface area contributed by atoms with Crippen molar-refractivity contribution in [2.24, 2.45) is 0 Å². The Hall–Kier alpha value is -1.07. The molecule has 3 nitrogen and oxygen atoms in total. The first-order chi connectivity index (χ1) is 7.75. The predicted octanol–water partition coefficient (Wildman–Crippen LogP) is 3.14. The van der Waals surface area contributed by atoms with E-state index in [0.29, 0.717) is 0 Å². The number of nitrogen functional groups attached to an aromatic ring is 1. The Kier molecular flexibility index (Phi) is 3.79.